The smallest absolute Gasteiger partial charge is 0.0215 e. The standard InChI is InChI=1S/C14H14S2.Zn/c1-11-7-3-5-9-13(11)15-16-14-10-6-4-8-12(14)2;/h3-10H,1-2H3;. The van der Waals surface area contributed by atoms with Crippen molar-refractivity contribution >= 4 is 21.6 Å². The molecule has 0 amide bonds. The van der Waals surface area contributed by atoms with Crippen LogP contribution in [0.1, 0.15) is 11.1 Å². The predicted octanol–water partition coefficient (Wildman–Crippen LogP) is 5.10. The van der Waals surface area contributed by atoms with E-state index in [2.05, 4.69) is 62.4 Å². The normalized spacial score (nSPS) is 9.76. The number of benzene rings is 2. The summed E-state index contributed by atoms with van der Waals surface area (Å²) in [5.74, 6) is 0. The molecule has 0 fully saturated rings. The summed E-state index contributed by atoms with van der Waals surface area (Å²) in [5, 5.41) is 0. The molecule has 0 nitrogen and oxygen atoms in total. The summed E-state index contributed by atoms with van der Waals surface area (Å²) in [7, 11) is 3.66. The van der Waals surface area contributed by atoms with Crippen molar-refractivity contribution in [2.45, 2.75) is 23.6 Å². The minimum absolute atomic E-state index is 0. The minimum atomic E-state index is 0. The van der Waals surface area contributed by atoms with Gasteiger partial charge in [0.2, 0.25) is 0 Å². The molecular weight excluding hydrogens is 298 g/mol. The van der Waals surface area contributed by atoms with Crippen molar-refractivity contribution in [3.05, 3.63) is 59.7 Å². The van der Waals surface area contributed by atoms with Gasteiger partial charge in [-0.3, -0.25) is 0 Å². The molecule has 0 heterocycles. The van der Waals surface area contributed by atoms with Crippen molar-refractivity contribution in [2.75, 3.05) is 0 Å². The topological polar surface area (TPSA) is 0 Å². The number of hydrogen-bond donors (Lipinski definition) is 0. The zero-order valence-electron chi connectivity index (χ0n) is 10.1. The zero-order chi connectivity index (χ0) is 11.4. The molecule has 2 rings (SSSR count). The van der Waals surface area contributed by atoms with Crippen molar-refractivity contribution in [1.82, 2.24) is 0 Å². The molecule has 0 unspecified atom stereocenters. The molecule has 0 atom stereocenters. The molecule has 3 heteroatoms. The second-order valence-corrected chi connectivity index (χ2v) is 5.91. The van der Waals surface area contributed by atoms with Gasteiger partial charge in [0, 0.05) is 29.3 Å². The van der Waals surface area contributed by atoms with E-state index < -0.39 is 0 Å². The third-order valence-electron chi connectivity index (χ3n) is 2.41. The number of aryl methyl sites for hydroxylation is 2. The van der Waals surface area contributed by atoms with Crippen LogP contribution in [0.5, 0.6) is 0 Å². The van der Waals surface area contributed by atoms with Crippen molar-refractivity contribution in [2.24, 2.45) is 0 Å². The molecule has 0 aromatic heterocycles. The molecule has 2 aromatic carbocycles. The van der Waals surface area contributed by atoms with Gasteiger partial charge in [-0.05, 0) is 37.1 Å². The summed E-state index contributed by atoms with van der Waals surface area (Å²) in [6.45, 7) is 4.31. The van der Waals surface area contributed by atoms with Crippen LogP contribution in [0.2, 0.25) is 0 Å². The largest absolute Gasteiger partial charge is 0.0619 e. The van der Waals surface area contributed by atoms with Crippen LogP contribution in [0, 0.1) is 13.8 Å². The van der Waals surface area contributed by atoms with Gasteiger partial charge < -0.3 is 0 Å². The third kappa shape index (κ3) is 4.17. The first-order valence-electron chi connectivity index (χ1n) is 5.23. The van der Waals surface area contributed by atoms with E-state index in [1.807, 2.05) is 21.6 Å². The van der Waals surface area contributed by atoms with E-state index in [1.54, 1.807) is 0 Å². The second kappa shape index (κ2) is 7.25. The molecule has 0 radical (unpaired) electrons. The zero-order valence-corrected chi connectivity index (χ0v) is 14.7. The first-order valence-corrected chi connectivity index (χ1v) is 7.38. The van der Waals surface area contributed by atoms with E-state index in [0.29, 0.717) is 0 Å². The quantitative estimate of drug-likeness (QED) is 0.571. The monoisotopic (exact) mass is 310 g/mol. The first-order chi connectivity index (χ1) is 7.77. The molecule has 0 saturated carbocycles. The average Bonchev–Trinajstić information content (AvgIpc) is 2.30. The molecule has 17 heavy (non-hydrogen) atoms. The predicted molar refractivity (Wildman–Crippen MR) is 74.1 cm³/mol. The van der Waals surface area contributed by atoms with Crippen molar-refractivity contribution in [3.63, 3.8) is 0 Å². The van der Waals surface area contributed by atoms with Crippen LogP contribution < -0.4 is 0 Å². The summed E-state index contributed by atoms with van der Waals surface area (Å²) < 4.78 is 0. The van der Waals surface area contributed by atoms with Crippen molar-refractivity contribution in [3.8, 4) is 0 Å². The molecular formula is C14H14S2Zn. The second-order valence-electron chi connectivity index (χ2n) is 3.70. The van der Waals surface area contributed by atoms with Gasteiger partial charge in [0.15, 0.2) is 0 Å². The number of rotatable bonds is 3. The van der Waals surface area contributed by atoms with Crippen molar-refractivity contribution in [1.29, 1.82) is 0 Å². The summed E-state index contributed by atoms with van der Waals surface area (Å²) in [5.41, 5.74) is 2.68. The Morgan fingerprint density at radius 1 is 0.647 bits per heavy atom. The fourth-order valence-corrected chi connectivity index (χ4v) is 3.90. The molecule has 0 aliphatic rings. The van der Waals surface area contributed by atoms with Gasteiger partial charge in [-0.25, -0.2) is 0 Å². The summed E-state index contributed by atoms with van der Waals surface area (Å²) in [6, 6.07) is 17.0. The molecule has 0 aliphatic carbocycles. The molecule has 0 aliphatic heterocycles. The maximum absolute atomic E-state index is 2.17. The van der Waals surface area contributed by atoms with Gasteiger partial charge in [-0.2, -0.15) is 0 Å². The van der Waals surface area contributed by atoms with E-state index in [-0.39, 0.29) is 19.5 Å². The third-order valence-corrected chi connectivity index (χ3v) is 5.09. The Kier molecular flexibility index (Phi) is 6.32. The van der Waals surface area contributed by atoms with Crippen molar-refractivity contribution < 1.29 is 19.5 Å². The van der Waals surface area contributed by atoms with Gasteiger partial charge >= 0.3 is 0 Å². The fourth-order valence-electron chi connectivity index (χ4n) is 1.39. The molecule has 0 saturated heterocycles. The molecule has 0 spiro atoms. The van der Waals surface area contributed by atoms with Gasteiger partial charge in [0.05, 0.1) is 0 Å². The van der Waals surface area contributed by atoms with E-state index in [1.165, 1.54) is 20.9 Å². The van der Waals surface area contributed by atoms with Gasteiger partial charge in [-0.15, -0.1) is 0 Å². The fraction of sp³-hybridized carbons (Fsp3) is 0.143. The van der Waals surface area contributed by atoms with Crippen LogP contribution >= 0.6 is 21.6 Å². The van der Waals surface area contributed by atoms with Crippen LogP contribution in [0.15, 0.2) is 58.3 Å². The average molecular weight is 312 g/mol. The molecule has 0 N–H and O–H groups in total. The Bertz CT molecular complexity index is 438. The van der Waals surface area contributed by atoms with Crippen LogP contribution in [0.25, 0.3) is 0 Å². The van der Waals surface area contributed by atoms with E-state index >= 15 is 0 Å². The van der Waals surface area contributed by atoms with E-state index in [9.17, 15) is 0 Å². The molecule has 2 aromatic rings. The van der Waals surface area contributed by atoms with Gasteiger partial charge in [0.1, 0.15) is 0 Å². The Morgan fingerprint density at radius 3 is 1.35 bits per heavy atom. The van der Waals surface area contributed by atoms with Crippen LogP contribution in [0.4, 0.5) is 0 Å². The number of hydrogen-bond acceptors (Lipinski definition) is 2. The van der Waals surface area contributed by atoms with E-state index in [0.717, 1.165) is 0 Å². The Balaban J connectivity index is 0.00000144. The van der Waals surface area contributed by atoms with Crippen LogP contribution in [-0.2, 0) is 19.5 Å². The summed E-state index contributed by atoms with van der Waals surface area (Å²) >= 11 is 0. The minimum Gasteiger partial charge on any atom is -0.0619 e. The SMILES string of the molecule is Cc1ccccc1SSc1ccccc1C.[Zn]. The molecule has 84 valence electrons. The molecule has 0 bridgehead atoms. The maximum atomic E-state index is 2.17. The van der Waals surface area contributed by atoms with Gasteiger partial charge in [-0.1, -0.05) is 58.0 Å². The van der Waals surface area contributed by atoms with Crippen LogP contribution in [-0.4, -0.2) is 0 Å². The first kappa shape index (κ1) is 14.8. The summed E-state index contributed by atoms with van der Waals surface area (Å²) in [6.07, 6.45) is 0. The van der Waals surface area contributed by atoms with E-state index in [4.69, 9.17) is 0 Å². The maximum Gasteiger partial charge on any atom is 0.0215 e. The van der Waals surface area contributed by atoms with Gasteiger partial charge in [0.25, 0.3) is 0 Å². The Morgan fingerprint density at radius 2 is 1.00 bits per heavy atom. The summed E-state index contributed by atoms with van der Waals surface area (Å²) in [4.78, 5) is 2.69. The Hall–Kier alpha value is -0.237. The Labute approximate surface area is 124 Å². The van der Waals surface area contributed by atoms with Crippen LogP contribution in [0.3, 0.4) is 0 Å².